The van der Waals surface area contributed by atoms with E-state index >= 15 is 0 Å². The van der Waals surface area contributed by atoms with Gasteiger partial charge in [-0.25, -0.2) is 14.8 Å². The van der Waals surface area contributed by atoms with E-state index in [0.717, 1.165) is 21.8 Å². The van der Waals surface area contributed by atoms with E-state index in [1.54, 1.807) is 24.3 Å². The molecule has 0 atom stereocenters. The number of nitrogens with zero attached hydrogens (tertiary/aromatic N) is 3. The van der Waals surface area contributed by atoms with Crippen LogP contribution in [0.15, 0.2) is 75.3 Å². The number of hydrogen-bond acceptors (Lipinski definition) is 6. The van der Waals surface area contributed by atoms with Crippen LogP contribution in [0, 0.1) is 5.82 Å². The van der Waals surface area contributed by atoms with E-state index in [1.165, 1.54) is 30.1 Å². The minimum Gasteiger partial charge on any atom is -0.460 e. The van der Waals surface area contributed by atoms with Gasteiger partial charge in [0.15, 0.2) is 10.9 Å². The van der Waals surface area contributed by atoms with Gasteiger partial charge in [0, 0.05) is 13.1 Å². The summed E-state index contributed by atoms with van der Waals surface area (Å²) in [6.45, 7) is 0.251. The first-order valence-electron chi connectivity index (χ1n) is 9.42. The average Bonchev–Trinajstić information content (AvgIpc) is 3.36. The van der Waals surface area contributed by atoms with Crippen molar-refractivity contribution in [3.05, 3.63) is 77.8 Å². The number of halogens is 1. The number of furan rings is 1. The predicted octanol–water partition coefficient (Wildman–Crippen LogP) is 4.13. The highest BCUT2D eigenvalue weighted by molar-refractivity contribution is 7.99. The summed E-state index contributed by atoms with van der Waals surface area (Å²) in [5, 5.41) is 4.66. The van der Waals surface area contributed by atoms with Crippen LogP contribution in [0.25, 0.3) is 11.0 Å². The first-order chi connectivity index (χ1) is 15.1. The molecule has 0 unspecified atom stereocenters. The van der Waals surface area contributed by atoms with Crippen molar-refractivity contribution in [2.45, 2.75) is 11.8 Å². The Labute approximate surface area is 181 Å². The molecule has 4 rings (SSSR count). The maximum absolute atomic E-state index is 12.9. The molecule has 0 spiro atoms. The van der Waals surface area contributed by atoms with Gasteiger partial charge in [-0.15, -0.1) is 0 Å². The predicted molar refractivity (Wildman–Crippen MR) is 117 cm³/mol. The van der Waals surface area contributed by atoms with Crippen LogP contribution in [-0.2, 0) is 18.4 Å². The van der Waals surface area contributed by atoms with Crippen LogP contribution in [0.5, 0.6) is 5.95 Å². The van der Waals surface area contributed by atoms with Crippen LogP contribution in [-0.4, -0.2) is 27.4 Å². The molecule has 0 saturated heterocycles. The van der Waals surface area contributed by atoms with Gasteiger partial charge in [0.2, 0.25) is 0 Å². The topological polar surface area (TPSA) is 81.7 Å². The van der Waals surface area contributed by atoms with E-state index in [-0.39, 0.29) is 24.1 Å². The quantitative estimate of drug-likeness (QED) is 0.254. The van der Waals surface area contributed by atoms with E-state index in [9.17, 15) is 9.18 Å². The van der Waals surface area contributed by atoms with Crippen LogP contribution < -0.4 is 10.2 Å². The number of benzene rings is 2. The van der Waals surface area contributed by atoms with E-state index in [2.05, 4.69) is 15.5 Å². The summed E-state index contributed by atoms with van der Waals surface area (Å²) in [5.74, 6) is 0.354. The Bertz CT molecular complexity index is 1220. The molecule has 31 heavy (non-hydrogen) atoms. The summed E-state index contributed by atoms with van der Waals surface area (Å²) >= 11 is 1.34. The number of fused-ring (bicyclic) bond motifs is 1. The summed E-state index contributed by atoms with van der Waals surface area (Å²) in [5.41, 5.74) is 5.18. The van der Waals surface area contributed by atoms with Gasteiger partial charge >= 0.3 is 0 Å². The fourth-order valence-electron chi connectivity index (χ4n) is 2.80. The highest BCUT2D eigenvalue weighted by atomic mass is 32.2. The molecule has 1 amide bonds. The minimum absolute atomic E-state index is 0.179. The number of hydrazone groups is 1. The van der Waals surface area contributed by atoms with Crippen molar-refractivity contribution in [2.24, 2.45) is 12.1 Å². The number of ether oxygens (including phenoxy) is 1. The Morgan fingerprint density at radius 2 is 2.03 bits per heavy atom. The first kappa shape index (κ1) is 20.7. The SMILES string of the molecule is Cn1c(SCC(=O)N/N=C\c2ccc(OCc3ccc(F)cc3)o2)nc2ccccc21. The van der Waals surface area contributed by atoms with Crippen LogP contribution >= 0.6 is 11.8 Å². The number of aryl methyl sites for hydroxylation is 1. The van der Waals surface area contributed by atoms with Crippen LogP contribution in [0.2, 0.25) is 0 Å². The van der Waals surface area contributed by atoms with E-state index in [1.807, 2.05) is 35.9 Å². The standard InChI is InChI=1S/C22H19FN4O3S/c1-27-19-5-3-2-4-18(19)25-22(27)31-14-20(28)26-24-12-17-10-11-21(30-17)29-13-15-6-8-16(23)9-7-15/h2-12H,13-14H2,1H3,(H,26,28)/b24-12-. The minimum atomic E-state index is -0.297. The van der Waals surface area contributed by atoms with Crippen molar-refractivity contribution in [3.8, 4) is 5.95 Å². The molecule has 158 valence electrons. The number of aromatic nitrogens is 2. The van der Waals surface area contributed by atoms with Gasteiger partial charge in [-0.1, -0.05) is 36.0 Å². The molecular formula is C22H19FN4O3S. The molecule has 0 fully saturated rings. The molecule has 0 bridgehead atoms. The lowest BCUT2D eigenvalue weighted by Gasteiger charge is -2.02. The molecule has 7 nitrogen and oxygen atoms in total. The Morgan fingerprint density at radius 3 is 2.84 bits per heavy atom. The second-order valence-corrected chi connectivity index (χ2v) is 7.54. The molecule has 0 aliphatic heterocycles. The molecule has 2 heterocycles. The lowest BCUT2D eigenvalue weighted by atomic mass is 10.2. The summed E-state index contributed by atoms with van der Waals surface area (Å²) in [7, 11) is 1.92. The number of hydrogen-bond donors (Lipinski definition) is 1. The zero-order valence-corrected chi connectivity index (χ0v) is 17.4. The molecule has 1 N–H and O–H groups in total. The summed E-state index contributed by atoms with van der Waals surface area (Å²) in [4.78, 5) is 16.6. The largest absolute Gasteiger partial charge is 0.460 e. The zero-order chi connectivity index (χ0) is 21.6. The van der Waals surface area contributed by atoms with E-state index in [0.29, 0.717) is 11.7 Å². The molecule has 2 aromatic heterocycles. The van der Waals surface area contributed by atoms with Crippen molar-refractivity contribution < 1.29 is 18.3 Å². The van der Waals surface area contributed by atoms with Gasteiger partial charge in [-0.05, 0) is 35.9 Å². The summed E-state index contributed by atoms with van der Waals surface area (Å²) < 4.78 is 25.9. The van der Waals surface area contributed by atoms with E-state index < -0.39 is 0 Å². The van der Waals surface area contributed by atoms with Crippen molar-refractivity contribution >= 4 is 34.9 Å². The lowest BCUT2D eigenvalue weighted by molar-refractivity contribution is -0.118. The van der Waals surface area contributed by atoms with Gasteiger partial charge in [-0.3, -0.25) is 4.79 Å². The second-order valence-electron chi connectivity index (χ2n) is 6.60. The Hall–Kier alpha value is -3.59. The maximum Gasteiger partial charge on any atom is 0.285 e. The Kier molecular flexibility index (Phi) is 6.32. The maximum atomic E-state index is 12.9. The number of thioether (sulfide) groups is 1. The molecule has 4 aromatic rings. The van der Waals surface area contributed by atoms with Gasteiger partial charge in [0.1, 0.15) is 12.4 Å². The van der Waals surface area contributed by atoms with Crippen LogP contribution in [0.4, 0.5) is 4.39 Å². The fourth-order valence-corrected chi connectivity index (χ4v) is 3.58. The molecule has 2 aromatic carbocycles. The number of amides is 1. The summed E-state index contributed by atoms with van der Waals surface area (Å²) in [6.07, 6.45) is 1.39. The van der Waals surface area contributed by atoms with Crippen molar-refractivity contribution in [1.29, 1.82) is 0 Å². The number of imidazole rings is 1. The Balaban J connectivity index is 1.24. The highest BCUT2D eigenvalue weighted by Crippen LogP contribution is 2.22. The number of para-hydroxylation sites is 2. The number of rotatable bonds is 8. The zero-order valence-electron chi connectivity index (χ0n) is 16.6. The van der Waals surface area contributed by atoms with Gasteiger partial charge in [-0.2, -0.15) is 5.10 Å². The molecule has 0 aliphatic carbocycles. The average molecular weight is 438 g/mol. The van der Waals surface area contributed by atoms with Gasteiger partial charge in [0.25, 0.3) is 11.9 Å². The number of carbonyl (C=O) groups is 1. The third-order valence-electron chi connectivity index (χ3n) is 4.36. The third-order valence-corrected chi connectivity index (χ3v) is 5.39. The smallest absolute Gasteiger partial charge is 0.285 e. The third kappa shape index (κ3) is 5.32. The van der Waals surface area contributed by atoms with Gasteiger partial charge in [0.05, 0.1) is 23.0 Å². The molecule has 0 saturated carbocycles. The van der Waals surface area contributed by atoms with E-state index in [4.69, 9.17) is 9.15 Å². The molecule has 9 heteroatoms. The normalized spacial score (nSPS) is 11.3. The number of carbonyl (C=O) groups excluding carboxylic acids is 1. The highest BCUT2D eigenvalue weighted by Gasteiger charge is 2.10. The van der Waals surface area contributed by atoms with Crippen molar-refractivity contribution in [1.82, 2.24) is 15.0 Å². The molecular weight excluding hydrogens is 419 g/mol. The van der Waals surface area contributed by atoms with Crippen molar-refractivity contribution in [2.75, 3.05) is 5.75 Å². The fraction of sp³-hybridized carbons (Fsp3) is 0.136. The van der Waals surface area contributed by atoms with Crippen molar-refractivity contribution in [3.63, 3.8) is 0 Å². The van der Waals surface area contributed by atoms with Gasteiger partial charge < -0.3 is 13.7 Å². The van der Waals surface area contributed by atoms with Crippen LogP contribution in [0.1, 0.15) is 11.3 Å². The summed E-state index contributed by atoms with van der Waals surface area (Å²) in [6, 6.07) is 17.1. The molecule has 0 aliphatic rings. The number of nitrogens with one attached hydrogen (secondary N) is 1. The Morgan fingerprint density at radius 1 is 1.23 bits per heavy atom. The lowest BCUT2D eigenvalue weighted by Crippen LogP contribution is -2.19. The second kappa shape index (κ2) is 9.48. The monoisotopic (exact) mass is 438 g/mol. The first-order valence-corrected chi connectivity index (χ1v) is 10.4. The molecule has 0 radical (unpaired) electrons. The van der Waals surface area contributed by atoms with Crippen LogP contribution in [0.3, 0.4) is 0 Å².